The molecule has 2 rings (SSSR count). The van der Waals surface area contributed by atoms with E-state index in [9.17, 15) is 0 Å². The number of aromatic nitrogens is 1. The van der Waals surface area contributed by atoms with Crippen LogP contribution in [0.5, 0.6) is 0 Å². The zero-order valence-corrected chi connectivity index (χ0v) is 9.18. The van der Waals surface area contributed by atoms with E-state index in [0.29, 0.717) is 5.82 Å². The maximum Gasteiger partial charge on any atom is 0.123 e. The van der Waals surface area contributed by atoms with Crippen molar-refractivity contribution in [2.45, 2.75) is 19.4 Å². The Balaban J connectivity index is 2.14. The molecule has 1 unspecified atom stereocenters. The monoisotopic (exact) mass is 217 g/mol. The molecule has 0 radical (unpaired) electrons. The normalized spacial score (nSPS) is 12.6. The van der Waals surface area contributed by atoms with Gasteiger partial charge in [-0.05, 0) is 37.1 Å². The smallest absolute Gasteiger partial charge is 0.123 e. The van der Waals surface area contributed by atoms with E-state index in [4.69, 9.17) is 15.9 Å². The van der Waals surface area contributed by atoms with E-state index in [1.165, 1.54) is 0 Å². The van der Waals surface area contributed by atoms with Crippen LogP contribution in [0.3, 0.4) is 0 Å². The molecular weight excluding hydrogens is 202 g/mol. The van der Waals surface area contributed by atoms with Crippen molar-refractivity contribution >= 4 is 5.82 Å². The first kappa shape index (κ1) is 10.7. The molecule has 0 fully saturated rings. The van der Waals surface area contributed by atoms with Crippen molar-refractivity contribution in [3.05, 3.63) is 47.5 Å². The van der Waals surface area contributed by atoms with Gasteiger partial charge in [-0.25, -0.2) is 4.98 Å². The third kappa shape index (κ3) is 2.23. The van der Waals surface area contributed by atoms with E-state index < -0.39 is 0 Å². The minimum atomic E-state index is -0.0689. The average Bonchev–Trinajstić information content (AvgIpc) is 2.64. The first-order valence-electron chi connectivity index (χ1n) is 5.17. The number of furan rings is 1. The average molecular weight is 217 g/mol. The van der Waals surface area contributed by atoms with Crippen LogP contribution in [0.15, 0.2) is 35.1 Å². The zero-order valence-electron chi connectivity index (χ0n) is 9.18. The van der Waals surface area contributed by atoms with E-state index in [2.05, 4.69) is 4.98 Å². The van der Waals surface area contributed by atoms with Gasteiger partial charge in [0.15, 0.2) is 0 Å². The highest BCUT2D eigenvalue weighted by molar-refractivity contribution is 5.33. The van der Waals surface area contributed by atoms with Gasteiger partial charge in [-0.2, -0.15) is 0 Å². The highest BCUT2D eigenvalue weighted by Gasteiger charge is 2.11. The lowest BCUT2D eigenvalue weighted by atomic mass is 10.0. The second-order valence-electron chi connectivity index (χ2n) is 3.83. The minimum absolute atomic E-state index is 0.0689. The Morgan fingerprint density at radius 3 is 2.88 bits per heavy atom. The molecular formula is C12H15N3O. The summed E-state index contributed by atoms with van der Waals surface area (Å²) in [5, 5.41) is 0. The van der Waals surface area contributed by atoms with Crippen molar-refractivity contribution in [1.82, 2.24) is 4.98 Å². The predicted octanol–water partition coefficient (Wildman–Crippen LogP) is 1.81. The van der Waals surface area contributed by atoms with Crippen LogP contribution in [0.1, 0.15) is 22.9 Å². The maximum atomic E-state index is 6.10. The summed E-state index contributed by atoms with van der Waals surface area (Å²) in [6.45, 7) is 1.91. The topological polar surface area (TPSA) is 78.1 Å². The van der Waals surface area contributed by atoms with Crippen LogP contribution in [-0.4, -0.2) is 4.98 Å². The minimum Gasteiger partial charge on any atom is -0.469 e. The van der Waals surface area contributed by atoms with Gasteiger partial charge in [0, 0.05) is 17.8 Å². The summed E-state index contributed by atoms with van der Waals surface area (Å²) in [5.74, 6) is 1.39. The first-order chi connectivity index (χ1) is 7.66. The SMILES string of the molecule is Cc1occc1C(N)Cc1ccnc(N)c1. The quantitative estimate of drug-likeness (QED) is 0.821. The number of aryl methyl sites for hydroxylation is 1. The third-order valence-corrected chi connectivity index (χ3v) is 2.60. The van der Waals surface area contributed by atoms with Gasteiger partial charge in [0.25, 0.3) is 0 Å². The van der Waals surface area contributed by atoms with Gasteiger partial charge in [-0.1, -0.05) is 0 Å². The van der Waals surface area contributed by atoms with Gasteiger partial charge in [0.2, 0.25) is 0 Å². The number of hydrogen-bond donors (Lipinski definition) is 2. The molecule has 0 saturated heterocycles. The zero-order chi connectivity index (χ0) is 11.5. The van der Waals surface area contributed by atoms with Crippen molar-refractivity contribution in [2.75, 3.05) is 5.73 Å². The Hall–Kier alpha value is -1.81. The third-order valence-electron chi connectivity index (χ3n) is 2.60. The van der Waals surface area contributed by atoms with Gasteiger partial charge in [-0.15, -0.1) is 0 Å². The molecule has 16 heavy (non-hydrogen) atoms. The van der Waals surface area contributed by atoms with Crippen LogP contribution in [-0.2, 0) is 6.42 Å². The van der Waals surface area contributed by atoms with Gasteiger partial charge in [0.1, 0.15) is 11.6 Å². The second-order valence-corrected chi connectivity index (χ2v) is 3.83. The molecule has 0 bridgehead atoms. The molecule has 0 aromatic carbocycles. The number of hydrogen-bond acceptors (Lipinski definition) is 4. The number of pyridine rings is 1. The standard InChI is InChI=1S/C12H15N3O/c1-8-10(3-5-16-8)11(13)6-9-2-4-15-12(14)7-9/h2-5,7,11H,6,13H2,1H3,(H2,14,15). The Morgan fingerprint density at radius 2 is 2.25 bits per heavy atom. The van der Waals surface area contributed by atoms with Crippen LogP contribution >= 0.6 is 0 Å². The molecule has 0 saturated carbocycles. The fourth-order valence-corrected chi connectivity index (χ4v) is 1.76. The summed E-state index contributed by atoms with van der Waals surface area (Å²) in [5.41, 5.74) is 13.8. The fraction of sp³-hybridized carbons (Fsp3) is 0.250. The molecule has 2 aromatic heterocycles. The highest BCUT2D eigenvalue weighted by Crippen LogP contribution is 2.20. The summed E-state index contributed by atoms with van der Waals surface area (Å²) in [6.07, 6.45) is 4.08. The van der Waals surface area contributed by atoms with Gasteiger partial charge >= 0.3 is 0 Å². The molecule has 4 heteroatoms. The molecule has 2 heterocycles. The van der Waals surface area contributed by atoms with Gasteiger partial charge in [-0.3, -0.25) is 0 Å². The molecule has 0 amide bonds. The Bertz CT molecular complexity index is 479. The Labute approximate surface area is 94.3 Å². The Morgan fingerprint density at radius 1 is 1.44 bits per heavy atom. The molecule has 84 valence electrons. The summed E-state index contributed by atoms with van der Waals surface area (Å²) < 4.78 is 5.23. The lowest BCUT2D eigenvalue weighted by molar-refractivity contribution is 0.524. The van der Waals surface area contributed by atoms with Crippen molar-refractivity contribution in [2.24, 2.45) is 5.73 Å². The summed E-state index contributed by atoms with van der Waals surface area (Å²) in [6, 6.07) is 5.60. The van der Waals surface area contributed by atoms with Crippen LogP contribution in [0, 0.1) is 6.92 Å². The molecule has 4 nitrogen and oxygen atoms in total. The molecule has 0 spiro atoms. The highest BCUT2D eigenvalue weighted by atomic mass is 16.3. The van der Waals surface area contributed by atoms with Crippen molar-refractivity contribution in [3.8, 4) is 0 Å². The van der Waals surface area contributed by atoms with E-state index in [0.717, 1.165) is 23.3 Å². The lowest BCUT2D eigenvalue weighted by Crippen LogP contribution is -2.13. The first-order valence-corrected chi connectivity index (χ1v) is 5.17. The second kappa shape index (κ2) is 4.37. The largest absolute Gasteiger partial charge is 0.469 e. The molecule has 0 aliphatic heterocycles. The van der Waals surface area contributed by atoms with Crippen molar-refractivity contribution < 1.29 is 4.42 Å². The van der Waals surface area contributed by atoms with Gasteiger partial charge in [0.05, 0.1) is 6.26 Å². The molecule has 0 aliphatic rings. The predicted molar refractivity (Wildman–Crippen MR) is 62.7 cm³/mol. The summed E-state index contributed by atoms with van der Waals surface area (Å²) in [4.78, 5) is 3.95. The van der Waals surface area contributed by atoms with E-state index in [-0.39, 0.29) is 6.04 Å². The van der Waals surface area contributed by atoms with Gasteiger partial charge < -0.3 is 15.9 Å². The summed E-state index contributed by atoms with van der Waals surface area (Å²) >= 11 is 0. The Kier molecular flexibility index (Phi) is 2.92. The van der Waals surface area contributed by atoms with Crippen LogP contribution < -0.4 is 11.5 Å². The molecule has 0 aliphatic carbocycles. The van der Waals surface area contributed by atoms with Crippen molar-refractivity contribution in [1.29, 1.82) is 0 Å². The van der Waals surface area contributed by atoms with Crippen LogP contribution in [0.4, 0.5) is 5.82 Å². The van der Waals surface area contributed by atoms with Crippen LogP contribution in [0.25, 0.3) is 0 Å². The molecule has 4 N–H and O–H groups in total. The van der Waals surface area contributed by atoms with E-state index >= 15 is 0 Å². The molecule has 2 aromatic rings. The van der Waals surface area contributed by atoms with Crippen LogP contribution in [0.2, 0.25) is 0 Å². The number of anilines is 1. The summed E-state index contributed by atoms with van der Waals surface area (Å²) in [7, 11) is 0. The van der Waals surface area contributed by atoms with E-state index in [1.54, 1.807) is 12.5 Å². The maximum absolute atomic E-state index is 6.10. The van der Waals surface area contributed by atoms with E-state index in [1.807, 2.05) is 25.1 Å². The number of rotatable bonds is 3. The number of nitrogen functional groups attached to an aromatic ring is 1. The fourth-order valence-electron chi connectivity index (χ4n) is 1.76. The number of nitrogens with zero attached hydrogens (tertiary/aromatic N) is 1. The molecule has 1 atom stereocenters. The lowest BCUT2D eigenvalue weighted by Gasteiger charge is -2.10. The van der Waals surface area contributed by atoms with Crippen molar-refractivity contribution in [3.63, 3.8) is 0 Å². The number of nitrogens with two attached hydrogens (primary N) is 2.